The minimum Gasteiger partial charge on any atom is -0.464 e. The van der Waals surface area contributed by atoms with E-state index in [9.17, 15) is 4.79 Å². The minimum absolute atomic E-state index is 0.338. The number of aryl methyl sites for hydroxylation is 1. The molecule has 0 aliphatic carbocycles. The Labute approximate surface area is 110 Å². The van der Waals surface area contributed by atoms with E-state index in [1.165, 1.54) is 18.2 Å². The summed E-state index contributed by atoms with van der Waals surface area (Å²) in [5.74, 6) is -0.338. The summed E-state index contributed by atoms with van der Waals surface area (Å²) in [6, 6.07) is 3.62. The largest absolute Gasteiger partial charge is 0.464 e. The van der Waals surface area contributed by atoms with Crippen molar-refractivity contribution in [3.8, 4) is 0 Å². The Hall–Kier alpha value is -1.59. The lowest BCUT2D eigenvalue weighted by Gasteiger charge is -2.03. The van der Waals surface area contributed by atoms with Crippen molar-refractivity contribution in [1.82, 2.24) is 10.3 Å². The molecule has 0 unspecified atom stereocenters. The van der Waals surface area contributed by atoms with Gasteiger partial charge in [-0.05, 0) is 40.9 Å². The van der Waals surface area contributed by atoms with Gasteiger partial charge in [0.05, 0.1) is 7.11 Å². The third-order valence-electron chi connectivity index (χ3n) is 2.74. The molecule has 0 radical (unpaired) electrons. The van der Waals surface area contributed by atoms with Crippen molar-refractivity contribution in [3.63, 3.8) is 0 Å². The van der Waals surface area contributed by atoms with Gasteiger partial charge in [0.15, 0.2) is 0 Å². The van der Waals surface area contributed by atoms with Crippen LogP contribution in [0.2, 0.25) is 0 Å². The summed E-state index contributed by atoms with van der Waals surface area (Å²) in [7, 11) is 1.38. The van der Waals surface area contributed by atoms with Crippen molar-refractivity contribution in [2.75, 3.05) is 7.11 Å². The number of thiophene rings is 1. The van der Waals surface area contributed by atoms with Crippen LogP contribution in [0.25, 0.3) is 0 Å². The van der Waals surface area contributed by atoms with Crippen molar-refractivity contribution in [3.05, 3.63) is 45.4 Å². The summed E-state index contributed by atoms with van der Waals surface area (Å²) in [5, 5.41) is 7.63. The van der Waals surface area contributed by atoms with Crippen LogP contribution in [-0.4, -0.2) is 18.1 Å². The number of aromatic amines is 1. The fourth-order valence-corrected chi connectivity index (χ4v) is 2.53. The molecule has 0 aromatic carbocycles. The van der Waals surface area contributed by atoms with Crippen LogP contribution in [-0.2, 0) is 17.8 Å². The van der Waals surface area contributed by atoms with Gasteiger partial charge in [-0.2, -0.15) is 11.3 Å². The highest BCUT2D eigenvalue weighted by Crippen LogP contribution is 2.13. The first-order chi connectivity index (χ1) is 8.70. The van der Waals surface area contributed by atoms with Crippen molar-refractivity contribution in [2.24, 2.45) is 0 Å². The number of ether oxygens (including phenoxy) is 1. The highest BCUT2D eigenvalue weighted by Gasteiger charge is 2.07. The lowest BCUT2D eigenvalue weighted by Crippen LogP contribution is -2.13. The maximum absolute atomic E-state index is 11.3. The van der Waals surface area contributed by atoms with Crippen molar-refractivity contribution in [1.29, 1.82) is 0 Å². The van der Waals surface area contributed by atoms with Crippen LogP contribution in [0, 0.1) is 6.92 Å². The summed E-state index contributed by atoms with van der Waals surface area (Å²) < 4.78 is 4.64. The Balaban J connectivity index is 1.85. The molecule has 0 aliphatic rings. The number of aromatic nitrogens is 1. The molecule has 0 spiro atoms. The van der Waals surface area contributed by atoms with Gasteiger partial charge in [-0.3, -0.25) is 0 Å². The fraction of sp³-hybridized carbons (Fsp3) is 0.308. The normalized spacial score (nSPS) is 10.6. The number of H-pyrrole nitrogens is 1. The predicted molar refractivity (Wildman–Crippen MR) is 71.7 cm³/mol. The monoisotopic (exact) mass is 264 g/mol. The standard InChI is InChI=1S/C13H16N2O2S/c1-9-7-18-8-10(9)5-14-6-11-3-4-12(15-11)13(16)17-2/h3-4,7-8,14-15H,5-6H2,1-2H3. The van der Waals surface area contributed by atoms with Crippen LogP contribution in [0.3, 0.4) is 0 Å². The van der Waals surface area contributed by atoms with Crippen molar-refractivity contribution in [2.45, 2.75) is 20.0 Å². The molecule has 4 nitrogen and oxygen atoms in total. The molecule has 0 saturated heterocycles. The molecule has 5 heteroatoms. The second-order valence-electron chi connectivity index (χ2n) is 4.07. The molecule has 0 amide bonds. The molecule has 2 N–H and O–H groups in total. The molecule has 0 saturated carbocycles. The van der Waals surface area contributed by atoms with Gasteiger partial charge in [-0.1, -0.05) is 0 Å². The first-order valence-corrected chi connectivity index (χ1v) is 6.63. The number of carbonyl (C=O) groups is 1. The van der Waals surface area contributed by atoms with Gasteiger partial charge in [0, 0.05) is 18.8 Å². The molecule has 0 fully saturated rings. The third kappa shape index (κ3) is 3.00. The summed E-state index contributed by atoms with van der Waals surface area (Å²) in [6.45, 7) is 3.64. The smallest absolute Gasteiger partial charge is 0.354 e. The lowest BCUT2D eigenvalue weighted by molar-refractivity contribution is 0.0594. The number of methoxy groups -OCH3 is 1. The van der Waals surface area contributed by atoms with Crippen molar-refractivity contribution >= 4 is 17.3 Å². The molecule has 2 aromatic heterocycles. The van der Waals surface area contributed by atoms with Gasteiger partial charge in [-0.15, -0.1) is 0 Å². The predicted octanol–water partition coefficient (Wildman–Crippen LogP) is 2.46. The fourth-order valence-electron chi connectivity index (χ4n) is 1.67. The van der Waals surface area contributed by atoms with Crippen LogP contribution >= 0.6 is 11.3 Å². The molecule has 18 heavy (non-hydrogen) atoms. The summed E-state index contributed by atoms with van der Waals surface area (Å²) in [4.78, 5) is 14.3. The van der Waals surface area contributed by atoms with Gasteiger partial charge >= 0.3 is 5.97 Å². The zero-order chi connectivity index (χ0) is 13.0. The SMILES string of the molecule is COC(=O)c1ccc(CNCc2cscc2C)[nH]1. The van der Waals surface area contributed by atoms with Gasteiger partial charge < -0.3 is 15.0 Å². The van der Waals surface area contributed by atoms with E-state index in [0.717, 1.165) is 12.2 Å². The van der Waals surface area contributed by atoms with Crippen molar-refractivity contribution < 1.29 is 9.53 Å². The molecule has 0 aliphatic heterocycles. The summed E-state index contributed by atoms with van der Waals surface area (Å²) >= 11 is 1.71. The maximum atomic E-state index is 11.3. The van der Waals surface area contributed by atoms with Crippen LogP contribution in [0.5, 0.6) is 0 Å². The highest BCUT2D eigenvalue weighted by molar-refractivity contribution is 7.08. The Morgan fingerprint density at radius 3 is 2.89 bits per heavy atom. The van der Waals surface area contributed by atoms with E-state index in [1.807, 2.05) is 6.07 Å². The molecule has 2 heterocycles. The Kier molecular flexibility index (Phi) is 4.17. The molecule has 2 aromatic rings. The number of nitrogens with one attached hydrogen (secondary N) is 2. The van der Waals surface area contributed by atoms with E-state index in [-0.39, 0.29) is 5.97 Å². The van der Waals surface area contributed by atoms with E-state index in [1.54, 1.807) is 17.4 Å². The maximum Gasteiger partial charge on any atom is 0.354 e. The number of esters is 1. The number of hydrogen-bond acceptors (Lipinski definition) is 4. The van der Waals surface area contributed by atoms with Crippen LogP contribution in [0.15, 0.2) is 22.9 Å². The Bertz CT molecular complexity index is 531. The topological polar surface area (TPSA) is 54.1 Å². The molecular weight excluding hydrogens is 248 g/mol. The summed E-state index contributed by atoms with van der Waals surface area (Å²) in [5.41, 5.74) is 4.10. The zero-order valence-corrected chi connectivity index (χ0v) is 11.3. The second kappa shape index (κ2) is 5.84. The molecule has 0 bridgehead atoms. The number of rotatable bonds is 5. The third-order valence-corrected chi connectivity index (χ3v) is 3.65. The van der Waals surface area contributed by atoms with Gasteiger partial charge in [0.2, 0.25) is 0 Å². The quantitative estimate of drug-likeness (QED) is 0.816. The van der Waals surface area contributed by atoms with Gasteiger partial charge in [0.1, 0.15) is 5.69 Å². The Morgan fingerprint density at radius 2 is 2.22 bits per heavy atom. The van der Waals surface area contributed by atoms with E-state index in [4.69, 9.17) is 0 Å². The number of carbonyl (C=O) groups excluding carboxylic acids is 1. The van der Waals surface area contributed by atoms with Crippen LogP contribution < -0.4 is 5.32 Å². The van der Waals surface area contributed by atoms with E-state index < -0.39 is 0 Å². The zero-order valence-electron chi connectivity index (χ0n) is 10.4. The van der Waals surface area contributed by atoms with E-state index in [0.29, 0.717) is 12.2 Å². The average molecular weight is 264 g/mol. The average Bonchev–Trinajstić information content (AvgIpc) is 2.99. The van der Waals surface area contributed by atoms with E-state index in [2.05, 4.69) is 32.7 Å². The lowest BCUT2D eigenvalue weighted by atomic mass is 10.2. The first-order valence-electron chi connectivity index (χ1n) is 5.69. The number of hydrogen-bond donors (Lipinski definition) is 2. The molecular formula is C13H16N2O2S. The van der Waals surface area contributed by atoms with Crippen LogP contribution in [0.1, 0.15) is 27.3 Å². The van der Waals surface area contributed by atoms with Gasteiger partial charge in [0.25, 0.3) is 0 Å². The van der Waals surface area contributed by atoms with E-state index >= 15 is 0 Å². The molecule has 96 valence electrons. The molecule has 2 rings (SSSR count). The van der Waals surface area contributed by atoms with Crippen LogP contribution in [0.4, 0.5) is 0 Å². The summed E-state index contributed by atoms with van der Waals surface area (Å²) in [6.07, 6.45) is 0. The highest BCUT2D eigenvalue weighted by atomic mass is 32.1. The first kappa shape index (κ1) is 12.9. The molecule has 0 atom stereocenters. The van der Waals surface area contributed by atoms with Gasteiger partial charge in [-0.25, -0.2) is 4.79 Å². The second-order valence-corrected chi connectivity index (χ2v) is 4.82. The Morgan fingerprint density at radius 1 is 1.39 bits per heavy atom. The minimum atomic E-state index is -0.338.